The first-order valence-corrected chi connectivity index (χ1v) is 7.97. The van der Waals surface area contributed by atoms with Crippen molar-refractivity contribution in [2.45, 2.75) is 0 Å². The standard InChI is InChI=1S/C17H12FN3O3S/c18-11-8-6-10(7-9-11)14(22)21-15-13(16(23)24)20-17(25-15)19-12-4-2-1-3-5-12/h1-9H,(H,19,20)(H,21,22)(H,23,24). The molecule has 1 aromatic heterocycles. The van der Waals surface area contributed by atoms with Crippen molar-refractivity contribution in [1.29, 1.82) is 0 Å². The molecule has 0 aliphatic rings. The van der Waals surface area contributed by atoms with Gasteiger partial charge in [0.1, 0.15) is 10.8 Å². The average Bonchev–Trinajstić information content (AvgIpc) is 2.99. The van der Waals surface area contributed by atoms with Gasteiger partial charge in [-0.15, -0.1) is 0 Å². The predicted octanol–water partition coefficient (Wildman–Crippen LogP) is 3.98. The molecule has 1 amide bonds. The van der Waals surface area contributed by atoms with Crippen molar-refractivity contribution in [2.24, 2.45) is 0 Å². The minimum atomic E-state index is -1.26. The van der Waals surface area contributed by atoms with E-state index in [1.807, 2.05) is 18.2 Å². The van der Waals surface area contributed by atoms with Crippen LogP contribution in [0.5, 0.6) is 0 Å². The maximum atomic E-state index is 12.9. The summed E-state index contributed by atoms with van der Waals surface area (Å²) >= 11 is 1.000. The van der Waals surface area contributed by atoms with E-state index in [1.165, 1.54) is 12.1 Å². The molecule has 2 aromatic carbocycles. The zero-order chi connectivity index (χ0) is 17.8. The third-order valence-corrected chi connectivity index (χ3v) is 4.07. The van der Waals surface area contributed by atoms with E-state index < -0.39 is 17.7 Å². The summed E-state index contributed by atoms with van der Waals surface area (Å²) in [4.78, 5) is 27.6. The van der Waals surface area contributed by atoms with Gasteiger partial charge in [0.15, 0.2) is 10.8 Å². The lowest BCUT2D eigenvalue weighted by Gasteiger charge is -2.03. The number of anilines is 3. The zero-order valence-corrected chi connectivity index (χ0v) is 13.5. The Balaban J connectivity index is 1.83. The molecule has 3 rings (SSSR count). The lowest BCUT2D eigenvalue weighted by Crippen LogP contribution is -2.13. The van der Waals surface area contributed by atoms with Gasteiger partial charge in [-0.05, 0) is 36.4 Å². The van der Waals surface area contributed by atoms with Crippen molar-refractivity contribution in [2.75, 3.05) is 10.6 Å². The van der Waals surface area contributed by atoms with Crippen LogP contribution < -0.4 is 10.6 Å². The normalized spacial score (nSPS) is 10.3. The largest absolute Gasteiger partial charge is 0.476 e. The number of rotatable bonds is 5. The highest BCUT2D eigenvalue weighted by Crippen LogP contribution is 2.31. The number of para-hydroxylation sites is 1. The van der Waals surface area contributed by atoms with E-state index in [1.54, 1.807) is 12.1 Å². The highest BCUT2D eigenvalue weighted by atomic mass is 32.1. The molecule has 0 radical (unpaired) electrons. The first kappa shape index (κ1) is 16.6. The van der Waals surface area contributed by atoms with Gasteiger partial charge in [0.25, 0.3) is 5.91 Å². The van der Waals surface area contributed by atoms with Gasteiger partial charge in [-0.2, -0.15) is 0 Å². The van der Waals surface area contributed by atoms with Gasteiger partial charge in [-0.1, -0.05) is 29.5 Å². The van der Waals surface area contributed by atoms with E-state index in [0.717, 1.165) is 29.2 Å². The van der Waals surface area contributed by atoms with Crippen molar-refractivity contribution < 1.29 is 19.1 Å². The number of thiazole rings is 1. The number of hydrogen-bond donors (Lipinski definition) is 3. The fourth-order valence-corrected chi connectivity index (χ4v) is 2.90. The van der Waals surface area contributed by atoms with Crippen molar-refractivity contribution in [3.8, 4) is 0 Å². The molecule has 0 spiro atoms. The summed E-state index contributed by atoms with van der Waals surface area (Å²) in [5, 5.41) is 15.2. The second-order valence-electron chi connectivity index (χ2n) is 4.95. The van der Waals surface area contributed by atoms with Crippen LogP contribution in [0.1, 0.15) is 20.8 Å². The van der Waals surface area contributed by atoms with Gasteiger partial charge >= 0.3 is 5.97 Å². The molecule has 0 atom stereocenters. The van der Waals surface area contributed by atoms with Crippen LogP contribution in [0.3, 0.4) is 0 Å². The number of aromatic nitrogens is 1. The SMILES string of the molecule is O=C(Nc1sc(Nc2ccccc2)nc1C(=O)O)c1ccc(F)cc1. The Morgan fingerprint density at radius 1 is 1.04 bits per heavy atom. The first-order chi connectivity index (χ1) is 12.0. The van der Waals surface area contributed by atoms with Crippen LogP contribution >= 0.6 is 11.3 Å². The number of hydrogen-bond acceptors (Lipinski definition) is 5. The third-order valence-electron chi connectivity index (χ3n) is 3.19. The summed E-state index contributed by atoms with van der Waals surface area (Å²) < 4.78 is 12.9. The minimum absolute atomic E-state index is 0.0975. The lowest BCUT2D eigenvalue weighted by molar-refractivity contribution is 0.0692. The van der Waals surface area contributed by atoms with Crippen molar-refractivity contribution >= 4 is 39.0 Å². The summed E-state index contributed by atoms with van der Waals surface area (Å²) in [7, 11) is 0. The zero-order valence-electron chi connectivity index (χ0n) is 12.7. The van der Waals surface area contributed by atoms with Crippen molar-refractivity contribution in [3.63, 3.8) is 0 Å². The number of amides is 1. The average molecular weight is 357 g/mol. The summed E-state index contributed by atoms with van der Waals surface area (Å²) in [6.07, 6.45) is 0. The Hall–Kier alpha value is -3.26. The van der Waals surface area contributed by atoms with E-state index in [9.17, 15) is 19.1 Å². The van der Waals surface area contributed by atoms with E-state index in [0.29, 0.717) is 5.13 Å². The highest BCUT2D eigenvalue weighted by molar-refractivity contribution is 7.20. The number of benzene rings is 2. The van der Waals surface area contributed by atoms with Crippen molar-refractivity contribution in [1.82, 2.24) is 4.98 Å². The number of halogens is 1. The molecule has 0 aliphatic heterocycles. The topological polar surface area (TPSA) is 91.3 Å². The molecule has 1 heterocycles. The Morgan fingerprint density at radius 3 is 2.36 bits per heavy atom. The van der Waals surface area contributed by atoms with Crippen LogP contribution in [0.15, 0.2) is 54.6 Å². The maximum Gasteiger partial charge on any atom is 0.357 e. The van der Waals surface area contributed by atoms with Crippen LogP contribution in [0.4, 0.5) is 20.2 Å². The smallest absolute Gasteiger partial charge is 0.357 e. The Kier molecular flexibility index (Phi) is 4.71. The molecule has 0 unspecified atom stereocenters. The molecule has 0 fully saturated rings. The van der Waals surface area contributed by atoms with Gasteiger partial charge in [0.05, 0.1) is 0 Å². The second-order valence-corrected chi connectivity index (χ2v) is 5.95. The molecular formula is C17H12FN3O3S. The lowest BCUT2D eigenvalue weighted by atomic mass is 10.2. The van der Waals surface area contributed by atoms with Crippen LogP contribution in [0.25, 0.3) is 0 Å². The van der Waals surface area contributed by atoms with Crippen LogP contribution in [-0.2, 0) is 0 Å². The summed E-state index contributed by atoms with van der Waals surface area (Å²) in [6.45, 7) is 0. The van der Waals surface area contributed by atoms with Crippen LogP contribution in [0, 0.1) is 5.82 Å². The number of carbonyl (C=O) groups excluding carboxylic acids is 1. The number of nitrogens with one attached hydrogen (secondary N) is 2. The monoisotopic (exact) mass is 357 g/mol. The van der Waals surface area contributed by atoms with E-state index in [4.69, 9.17) is 0 Å². The highest BCUT2D eigenvalue weighted by Gasteiger charge is 2.20. The number of carboxylic acid groups (broad SMARTS) is 1. The van der Waals surface area contributed by atoms with E-state index in [-0.39, 0.29) is 16.3 Å². The van der Waals surface area contributed by atoms with Gasteiger partial charge in [-0.3, -0.25) is 4.79 Å². The van der Waals surface area contributed by atoms with E-state index >= 15 is 0 Å². The van der Waals surface area contributed by atoms with Gasteiger partial charge < -0.3 is 15.7 Å². The summed E-state index contributed by atoms with van der Waals surface area (Å²) in [5.74, 6) is -2.26. The Labute approximate surface area is 146 Å². The summed E-state index contributed by atoms with van der Waals surface area (Å²) in [6, 6.07) is 14.0. The fourth-order valence-electron chi connectivity index (χ4n) is 2.02. The second kappa shape index (κ2) is 7.10. The maximum absolute atomic E-state index is 12.9. The summed E-state index contributed by atoms with van der Waals surface area (Å²) in [5.41, 5.74) is 0.687. The Morgan fingerprint density at radius 2 is 1.72 bits per heavy atom. The molecule has 0 aliphatic carbocycles. The van der Waals surface area contributed by atoms with Gasteiger partial charge in [0, 0.05) is 11.3 Å². The quantitative estimate of drug-likeness (QED) is 0.642. The number of aromatic carboxylic acids is 1. The van der Waals surface area contributed by atoms with Crippen LogP contribution in [-0.4, -0.2) is 22.0 Å². The molecule has 0 saturated heterocycles. The number of carboxylic acids is 1. The fraction of sp³-hybridized carbons (Fsp3) is 0. The third kappa shape index (κ3) is 3.99. The molecule has 0 saturated carbocycles. The molecule has 0 bridgehead atoms. The molecule has 3 aromatic rings. The Bertz CT molecular complexity index is 911. The molecule has 8 heteroatoms. The minimum Gasteiger partial charge on any atom is -0.476 e. The number of nitrogens with zero attached hydrogens (tertiary/aromatic N) is 1. The van der Waals surface area contributed by atoms with Crippen molar-refractivity contribution in [3.05, 3.63) is 71.7 Å². The predicted molar refractivity (Wildman–Crippen MR) is 93.2 cm³/mol. The molecule has 6 nitrogen and oxygen atoms in total. The van der Waals surface area contributed by atoms with Gasteiger partial charge in [-0.25, -0.2) is 14.2 Å². The molecule has 25 heavy (non-hydrogen) atoms. The van der Waals surface area contributed by atoms with Gasteiger partial charge in [0.2, 0.25) is 0 Å². The van der Waals surface area contributed by atoms with E-state index in [2.05, 4.69) is 15.6 Å². The molecule has 126 valence electrons. The number of carbonyl (C=O) groups is 2. The first-order valence-electron chi connectivity index (χ1n) is 7.16. The van der Waals surface area contributed by atoms with Crippen LogP contribution in [0.2, 0.25) is 0 Å². The molecule has 3 N–H and O–H groups in total. The molecular weight excluding hydrogens is 345 g/mol.